The Labute approximate surface area is 96.1 Å². The fourth-order valence-electron chi connectivity index (χ4n) is 1.57. The van der Waals surface area contributed by atoms with E-state index in [1.807, 2.05) is 24.3 Å². The first-order valence-electron chi connectivity index (χ1n) is 5.07. The molecule has 2 heterocycles. The number of para-hydroxylation sites is 2. The van der Waals surface area contributed by atoms with Gasteiger partial charge in [-0.15, -0.1) is 0 Å². The highest BCUT2D eigenvalue weighted by Crippen LogP contribution is 2.13. The summed E-state index contributed by atoms with van der Waals surface area (Å²) in [5, 5.41) is 2.66. The van der Waals surface area contributed by atoms with E-state index in [1.165, 1.54) is 12.5 Å². The van der Waals surface area contributed by atoms with Crippen LogP contribution in [0.4, 0.5) is 5.95 Å². The predicted molar refractivity (Wildman–Crippen MR) is 62.6 cm³/mol. The Bertz CT molecular complexity index is 622. The lowest BCUT2D eigenvalue weighted by Crippen LogP contribution is -2.13. The van der Waals surface area contributed by atoms with Gasteiger partial charge < -0.3 is 9.97 Å². The van der Waals surface area contributed by atoms with Crippen molar-refractivity contribution in [2.24, 2.45) is 0 Å². The van der Waals surface area contributed by atoms with Crippen molar-refractivity contribution in [3.63, 3.8) is 0 Å². The van der Waals surface area contributed by atoms with Crippen molar-refractivity contribution >= 4 is 22.9 Å². The van der Waals surface area contributed by atoms with Crippen molar-refractivity contribution in [3.05, 3.63) is 42.5 Å². The van der Waals surface area contributed by atoms with Crippen LogP contribution in [0.1, 0.15) is 10.5 Å². The van der Waals surface area contributed by atoms with Crippen molar-refractivity contribution in [1.82, 2.24) is 19.9 Å². The molecule has 0 saturated heterocycles. The maximum absolute atomic E-state index is 11.7. The maximum Gasteiger partial charge on any atom is 0.276 e. The Kier molecular flexibility index (Phi) is 2.11. The Balaban J connectivity index is 1.88. The van der Waals surface area contributed by atoms with Gasteiger partial charge in [0.15, 0.2) is 0 Å². The number of hydrogen-bond acceptors (Lipinski definition) is 3. The third-order valence-electron chi connectivity index (χ3n) is 2.36. The van der Waals surface area contributed by atoms with Crippen LogP contribution in [0.3, 0.4) is 0 Å². The van der Waals surface area contributed by atoms with Gasteiger partial charge in [-0.2, -0.15) is 0 Å². The first-order chi connectivity index (χ1) is 8.33. The second kappa shape index (κ2) is 3.75. The van der Waals surface area contributed by atoms with Crippen molar-refractivity contribution in [2.75, 3.05) is 5.32 Å². The zero-order valence-electron chi connectivity index (χ0n) is 8.77. The molecule has 3 N–H and O–H groups in total. The topological polar surface area (TPSA) is 86.5 Å². The number of carbonyl (C=O) groups is 1. The first kappa shape index (κ1) is 9.59. The Hall–Kier alpha value is -2.63. The minimum absolute atomic E-state index is 0.276. The molecule has 2 aromatic heterocycles. The molecule has 0 atom stereocenters. The van der Waals surface area contributed by atoms with E-state index < -0.39 is 0 Å². The second-order valence-corrected chi connectivity index (χ2v) is 3.52. The molecule has 6 heteroatoms. The molecule has 1 aromatic carbocycles. The largest absolute Gasteiger partial charge is 0.341 e. The van der Waals surface area contributed by atoms with E-state index in [4.69, 9.17) is 0 Å². The summed E-state index contributed by atoms with van der Waals surface area (Å²) in [7, 11) is 0. The highest BCUT2D eigenvalue weighted by Gasteiger charge is 2.09. The molecule has 3 aromatic rings. The fourth-order valence-corrected chi connectivity index (χ4v) is 1.57. The number of amides is 1. The number of rotatable bonds is 2. The smallest absolute Gasteiger partial charge is 0.276 e. The molecule has 0 aliphatic carbocycles. The highest BCUT2D eigenvalue weighted by atomic mass is 16.2. The van der Waals surface area contributed by atoms with Crippen molar-refractivity contribution in [3.8, 4) is 0 Å². The van der Waals surface area contributed by atoms with Gasteiger partial charge in [0.25, 0.3) is 5.91 Å². The molecule has 0 bridgehead atoms. The Morgan fingerprint density at radius 2 is 2.18 bits per heavy atom. The van der Waals surface area contributed by atoms with Gasteiger partial charge in [-0.25, -0.2) is 9.97 Å². The van der Waals surface area contributed by atoms with Gasteiger partial charge in [0.2, 0.25) is 5.95 Å². The molecule has 0 unspecified atom stereocenters. The number of imidazole rings is 2. The molecule has 0 radical (unpaired) electrons. The number of carbonyl (C=O) groups excluding carboxylic acids is 1. The van der Waals surface area contributed by atoms with Crippen LogP contribution in [0, 0.1) is 0 Å². The normalized spacial score (nSPS) is 10.6. The number of anilines is 1. The zero-order valence-corrected chi connectivity index (χ0v) is 8.77. The standard InChI is InChI=1S/C11H9N5O/c17-10(9-5-12-6-13-9)16-11-14-7-3-1-2-4-8(7)15-11/h1-6H,(H,12,13)(H2,14,15,16,17). The number of H-pyrrole nitrogens is 2. The van der Waals surface area contributed by atoms with Crippen LogP contribution in [-0.2, 0) is 0 Å². The summed E-state index contributed by atoms with van der Waals surface area (Å²) >= 11 is 0. The lowest BCUT2D eigenvalue weighted by molar-refractivity contribution is 0.102. The third-order valence-corrected chi connectivity index (χ3v) is 2.36. The molecule has 0 fully saturated rings. The molecule has 3 rings (SSSR count). The van der Waals surface area contributed by atoms with Gasteiger partial charge in [-0.1, -0.05) is 12.1 Å². The summed E-state index contributed by atoms with van der Waals surface area (Å²) in [5.41, 5.74) is 2.09. The second-order valence-electron chi connectivity index (χ2n) is 3.52. The number of aromatic nitrogens is 4. The summed E-state index contributed by atoms with van der Waals surface area (Å²) in [6.45, 7) is 0. The van der Waals surface area contributed by atoms with Gasteiger partial charge >= 0.3 is 0 Å². The monoisotopic (exact) mass is 227 g/mol. The number of hydrogen-bond donors (Lipinski definition) is 3. The van der Waals surface area contributed by atoms with E-state index in [1.54, 1.807) is 0 Å². The van der Waals surface area contributed by atoms with Crippen LogP contribution < -0.4 is 5.32 Å². The lowest BCUT2D eigenvalue weighted by Gasteiger charge is -1.97. The zero-order chi connectivity index (χ0) is 11.7. The SMILES string of the molecule is O=C(Nc1nc2ccccc2[nH]1)c1cnc[nH]1. The van der Waals surface area contributed by atoms with Crippen molar-refractivity contribution in [2.45, 2.75) is 0 Å². The molecular formula is C11H9N5O. The van der Waals surface area contributed by atoms with Gasteiger partial charge in [-0.3, -0.25) is 10.1 Å². The number of nitrogens with one attached hydrogen (secondary N) is 3. The van der Waals surface area contributed by atoms with Gasteiger partial charge in [0.1, 0.15) is 5.69 Å². The van der Waals surface area contributed by atoms with Crippen LogP contribution in [0.25, 0.3) is 11.0 Å². The van der Waals surface area contributed by atoms with Gasteiger partial charge in [0, 0.05) is 0 Å². The van der Waals surface area contributed by atoms with E-state index >= 15 is 0 Å². The molecular weight excluding hydrogens is 218 g/mol. The molecule has 6 nitrogen and oxygen atoms in total. The summed E-state index contributed by atoms with van der Waals surface area (Å²) in [6.07, 6.45) is 2.91. The Morgan fingerprint density at radius 3 is 2.94 bits per heavy atom. The van der Waals surface area contributed by atoms with Crippen LogP contribution in [-0.4, -0.2) is 25.8 Å². The van der Waals surface area contributed by atoms with E-state index in [2.05, 4.69) is 25.3 Å². The Morgan fingerprint density at radius 1 is 1.29 bits per heavy atom. The number of fused-ring (bicyclic) bond motifs is 1. The summed E-state index contributed by atoms with van der Waals surface area (Å²) in [5.74, 6) is 0.146. The van der Waals surface area contributed by atoms with Gasteiger partial charge in [0.05, 0.1) is 23.6 Å². The number of benzene rings is 1. The summed E-state index contributed by atoms with van der Waals surface area (Å²) < 4.78 is 0. The van der Waals surface area contributed by atoms with Crippen LogP contribution in [0.5, 0.6) is 0 Å². The average molecular weight is 227 g/mol. The third kappa shape index (κ3) is 1.76. The van der Waals surface area contributed by atoms with E-state index in [0.29, 0.717) is 11.6 Å². The quantitative estimate of drug-likeness (QED) is 0.620. The van der Waals surface area contributed by atoms with Crippen molar-refractivity contribution in [1.29, 1.82) is 0 Å². The van der Waals surface area contributed by atoms with E-state index in [9.17, 15) is 4.79 Å². The molecule has 0 aliphatic heterocycles. The lowest BCUT2D eigenvalue weighted by atomic mass is 10.3. The highest BCUT2D eigenvalue weighted by molar-refractivity contribution is 6.02. The minimum Gasteiger partial charge on any atom is -0.341 e. The molecule has 0 aliphatic rings. The first-order valence-corrected chi connectivity index (χ1v) is 5.07. The molecule has 84 valence electrons. The number of aromatic amines is 2. The maximum atomic E-state index is 11.7. The van der Waals surface area contributed by atoms with Crippen LogP contribution in [0.2, 0.25) is 0 Å². The molecule has 0 spiro atoms. The van der Waals surface area contributed by atoms with E-state index in [0.717, 1.165) is 11.0 Å². The van der Waals surface area contributed by atoms with Crippen LogP contribution in [0.15, 0.2) is 36.8 Å². The average Bonchev–Trinajstić information content (AvgIpc) is 2.97. The predicted octanol–water partition coefficient (Wildman–Crippen LogP) is 1.54. The minimum atomic E-state index is -0.276. The summed E-state index contributed by atoms with van der Waals surface area (Å²) in [6, 6.07) is 7.57. The molecule has 17 heavy (non-hydrogen) atoms. The summed E-state index contributed by atoms with van der Waals surface area (Å²) in [4.78, 5) is 25.5. The molecule has 1 amide bonds. The van der Waals surface area contributed by atoms with Crippen LogP contribution >= 0.6 is 0 Å². The van der Waals surface area contributed by atoms with Crippen molar-refractivity contribution < 1.29 is 4.79 Å². The molecule has 0 saturated carbocycles. The fraction of sp³-hybridized carbons (Fsp3) is 0. The van der Waals surface area contributed by atoms with Gasteiger partial charge in [-0.05, 0) is 12.1 Å². The van der Waals surface area contributed by atoms with E-state index in [-0.39, 0.29) is 5.91 Å². The number of nitrogens with zero attached hydrogens (tertiary/aromatic N) is 2.